The summed E-state index contributed by atoms with van der Waals surface area (Å²) in [6, 6.07) is 10.8. The van der Waals surface area contributed by atoms with Gasteiger partial charge in [-0.15, -0.1) is 11.8 Å². The molecule has 1 rings (SSSR count). The van der Waals surface area contributed by atoms with Gasteiger partial charge in [-0.1, -0.05) is 32.9 Å². The zero-order valence-corrected chi connectivity index (χ0v) is 12.5. The molecule has 0 saturated heterocycles. The molecule has 0 radical (unpaired) electrons. The highest BCUT2D eigenvalue weighted by Gasteiger charge is 2.20. The van der Waals surface area contributed by atoms with Gasteiger partial charge in [0.15, 0.2) is 0 Å². The van der Waals surface area contributed by atoms with Crippen LogP contribution in [-0.4, -0.2) is 18.3 Å². The van der Waals surface area contributed by atoms with Gasteiger partial charge in [-0.25, -0.2) is 0 Å². The van der Waals surface area contributed by atoms with Crippen molar-refractivity contribution in [2.45, 2.75) is 44.0 Å². The molecule has 0 bridgehead atoms. The minimum absolute atomic E-state index is 0.0422. The van der Waals surface area contributed by atoms with Gasteiger partial charge in [-0.2, -0.15) is 5.26 Å². The molecule has 0 fully saturated rings. The molecule has 1 aromatic carbocycles. The highest BCUT2D eigenvalue weighted by molar-refractivity contribution is 7.99. The zero-order chi connectivity index (χ0) is 13.6. The minimum atomic E-state index is -0.0980. The molecule has 0 aliphatic carbocycles. The molecule has 0 amide bonds. The largest absolute Gasteiger partial charge is 0.301 e. The van der Waals surface area contributed by atoms with Crippen molar-refractivity contribution in [2.75, 3.05) is 12.3 Å². The number of nitrogens with zero attached hydrogens (tertiary/aromatic N) is 1. The molecule has 1 N–H and O–H groups in total. The smallest absolute Gasteiger partial charge is 0.0924 e. The van der Waals surface area contributed by atoms with Gasteiger partial charge < -0.3 is 5.32 Å². The Morgan fingerprint density at radius 1 is 1.33 bits per heavy atom. The van der Waals surface area contributed by atoms with E-state index in [1.165, 1.54) is 10.5 Å². The standard InChI is InChI=1S/C15H22N2S/c1-5-18-14-8-6-13(7-9-14)15(3,4)11-17-12(2)10-16/h6-9,12,17H,5,11H2,1-4H3. The molecule has 0 saturated carbocycles. The lowest BCUT2D eigenvalue weighted by atomic mass is 9.84. The van der Waals surface area contributed by atoms with E-state index in [4.69, 9.17) is 5.26 Å². The van der Waals surface area contributed by atoms with Crippen LogP contribution in [0.3, 0.4) is 0 Å². The van der Waals surface area contributed by atoms with Crippen LogP contribution in [0.1, 0.15) is 33.3 Å². The number of rotatable bonds is 6. The van der Waals surface area contributed by atoms with Crippen molar-refractivity contribution in [2.24, 2.45) is 0 Å². The second-order valence-corrected chi connectivity index (χ2v) is 6.41. The second-order valence-electron chi connectivity index (χ2n) is 5.07. The number of nitrogens with one attached hydrogen (secondary N) is 1. The van der Waals surface area contributed by atoms with E-state index in [0.29, 0.717) is 0 Å². The fraction of sp³-hybridized carbons (Fsp3) is 0.533. The zero-order valence-electron chi connectivity index (χ0n) is 11.7. The average Bonchev–Trinajstić information content (AvgIpc) is 2.37. The molecular weight excluding hydrogens is 240 g/mol. The van der Waals surface area contributed by atoms with Crippen LogP contribution in [0.5, 0.6) is 0 Å². The first kappa shape index (κ1) is 15.1. The van der Waals surface area contributed by atoms with Crippen LogP contribution in [0, 0.1) is 11.3 Å². The Labute approximate surface area is 115 Å². The van der Waals surface area contributed by atoms with Crippen molar-refractivity contribution in [3.05, 3.63) is 29.8 Å². The summed E-state index contributed by atoms with van der Waals surface area (Å²) in [4.78, 5) is 1.32. The highest BCUT2D eigenvalue weighted by atomic mass is 32.2. The van der Waals surface area contributed by atoms with Crippen LogP contribution >= 0.6 is 11.8 Å². The maximum Gasteiger partial charge on any atom is 0.0924 e. The van der Waals surface area contributed by atoms with E-state index in [1.807, 2.05) is 18.7 Å². The quantitative estimate of drug-likeness (QED) is 0.796. The maximum absolute atomic E-state index is 8.78. The molecule has 0 heterocycles. The lowest BCUT2D eigenvalue weighted by molar-refractivity contribution is 0.457. The van der Waals surface area contributed by atoms with Gasteiger partial charge in [0.2, 0.25) is 0 Å². The molecule has 0 aromatic heterocycles. The monoisotopic (exact) mass is 262 g/mol. The Balaban J connectivity index is 2.69. The molecule has 0 aliphatic rings. The van der Waals surface area contributed by atoms with E-state index in [2.05, 4.69) is 56.4 Å². The molecule has 0 spiro atoms. The Morgan fingerprint density at radius 3 is 2.44 bits per heavy atom. The van der Waals surface area contributed by atoms with E-state index < -0.39 is 0 Å². The van der Waals surface area contributed by atoms with Crippen LogP contribution < -0.4 is 5.32 Å². The lowest BCUT2D eigenvalue weighted by Crippen LogP contribution is -2.37. The van der Waals surface area contributed by atoms with Gasteiger partial charge in [0.05, 0.1) is 12.1 Å². The first-order chi connectivity index (χ1) is 8.49. The molecule has 1 atom stereocenters. The summed E-state index contributed by atoms with van der Waals surface area (Å²) in [6.07, 6.45) is 0. The fourth-order valence-corrected chi connectivity index (χ4v) is 2.39. The second kappa shape index (κ2) is 6.82. The average molecular weight is 262 g/mol. The van der Waals surface area contributed by atoms with E-state index in [1.54, 1.807) is 0 Å². The molecule has 98 valence electrons. The number of benzene rings is 1. The number of hydrogen-bond donors (Lipinski definition) is 1. The molecule has 3 heteroatoms. The summed E-state index contributed by atoms with van der Waals surface area (Å²) in [5.41, 5.74) is 1.35. The Hall–Kier alpha value is -0.980. The minimum Gasteiger partial charge on any atom is -0.301 e. The van der Waals surface area contributed by atoms with E-state index in [9.17, 15) is 0 Å². The van der Waals surface area contributed by atoms with E-state index in [-0.39, 0.29) is 11.5 Å². The van der Waals surface area contributed by atoms with E-state index >= 15 is 0 Å². The van der Waals surface area contributed by atoms with Crippen LogP contribution in [-0.2, 0) is 5.41 Å². The predicted octanol–water partition coefficient (Wildman–Crippen LogP) is 3.58. The van der Waals surface area contributed by atoms with Gasteiger partial charge >= 0.3 is 0 Å². The topological polar surface area (TPSA) is 35.8 Å². The van der Waals surface area contributed by atoms with Crippen molar-refractivity contribution in [1.29, 1.82) is 5.26 Å². The number of hydrogen-bond acceptors (Lipinski definition) is 3. The third kappa shape index (κ3) is 4.36. The molecule has 1 unspecified atom stereocenters. The molecule has 18 heavy (non-hydrogen) atoms. The van der Waals surface area contributed by atoms with Crippen molar-refractivity contribution in [1.82, 2.24) is 5.32 Å². The van der Waals surface area contributed by atoms with Crippen LogP contribution in [0.25, 0.3) is 0 Å². The van der Waals surface area contributed by atoms with Gasteiger partial charge in [0.25, 0.3) is 0 Å². The molecule has 2 nitrogen and oxygen atoms in total. The fourth-order valence-electron chi connectivity index (χ4n) is 1.72. The van der Waals surface area contributed by atoms with E-state index in [0.717, 1.165) is 12.3 Å². The molecular formula is C15H22N2S. The Kier molecular flexibility index (Phi) is 5.71. The summed E-state index contributed by atoms with van der Waals surface area (Å²) < 4.78 is 0. The van der Waals surface area contributed by atoms with Crippen LogP contribution in [0.4, 0.5) is 0 Å². The van der Waals surface area contributed by atoms with Gasteiger partial charge in [0, 0.05) is 16.9 Å². The highest BCUT2D eigenvalue weighted by Crippen LogP contribution is 2.25. The number of nitriles is 1. The lowest BCUT2D eigenvalue weighted by Gasteiger charge is -2.26. The first-order valence-electron chi connectivity index (χ1n) is 6.36. The van der Waals surface area contributed by atoms with Crippen LogP contribution in [0.15, 0.2) is 29.2 Å². The van der Waals surface area contributed by atoms with Crippen molar-refractivity contribution in [3.63, 3.8) is 0 Å². The maximum atomic E-state index is 8.78. The normalized spacial score (nSPS) is 13.1. The Bertz CT molecular complexity index is 403. The molecule has 1 aromatic rings. The summed E-state index contributed by atoms with van der Waals surface area (Å²) in [5, 5.41) is 12.0. The van der Waals surface area contributed by atoms with Crippen molar-refractivity contribution < 1.29 is 0 Å². The Morgan fingerprint density at radius 2 is 1.94 bits per heavy atom. The number of thioether (sulfide) groups is 1. The summed E-state index contributed by atoms with van der Waals surface area (Å²) in [5.74, 6) is 1.10. The SMILES string of the molecule is CCSc1ccc(C(C)(C)CNC(C)C#N)cc1. The summed E-state index contributed by atoms with van der Waals surface area (Å²) in [7, 11) is 0. The van der Waals surface area contributed by atoms with Gasteiger partial charge in [0.1, 0.15) is 0 Å². The first-order valence-corrected chi connectivity index (χ1v) is 7.34. The van der Waals surface area contributed by atoms with Crippen molar-refractivity contribution in [3.8, 4) is 6.07 Å². The van der Waals surface area contributed by atoms with Crippen molar-refractivity contribution >= 4 is 11.8 Å². The summed E-state index contributed by atoms with van der Waals surface area (Å²) >= 11 is 1.86. The van der Waals surface area contributed by atoms with Gasteiger partial charge in [-0.05, 0) is 30.4 Å². The third-order valence-corrected chi connectivity index (χ3v) is 3.88. The third-order valence-electron chi connectivity index (χ3n) is 2.99. The van der Waals surface area contributed by atoms with Gasteiger partial charge in [-0.3, -0.25) is 0 Å². The van der Waals surface area contributed by atoms with Crippen LogP contribution in [0.2, 0.25) is 0 Å². The summed E-state index contributed by atoms with van der Waals surface area (Å²) in [6.45, 7) is 9.26. The molecule has 0 aliphatic heterocycles. The predicted molar refractivity (Wildman–Crippen MR) is 78.9 cm³/mol.